The number of aromatic carboxylic acids is 2. The molecule has 0 saturated carbocycles. The normalized spacial score (nSPS) is 11.0. The fourth-order valence-electron chi connectivity index (χ4n) is 5.17. The predicted molar refractivity (Wildman–Crippen MR) is 158 cm³/mol. The van der Waals surface area contributed by atoms with Crippen molar-refractivity contribution in [2.45, 2.75) is 12.8 Å². The molecule has 0 saturated heterocycles. The largest absolute Gasteiger partial charge is 0.478 e. The molecule has 0 aliphatic heterocycles. The van der Waals surface area contributed by atoms with Crippen molar-refractivity contribution in [3.63, 3.8) is 0 Å². The van der Waals surface area contributed by atoms with Crippen LogP contribution in [0.3, 0.4) is 0 Å². The Morgan fingerprint density at radius 1 is 0.619 bits per heavy atom. The predicted octanol–water partition coefficient (Wildman–Crippen LogP) is 7.21. The van der Waals surface area contributed by atoms with Crippen molar-refractivity contribution in [3.05, 3.63) is 142 Å². The molecule has 6 nitrogen and oxygen atoms in total. The quantitative estimate of drug-likeness (QED) is 0.223. The van der Waals surface area contributed by atoms with Crippen LogP contribution in [0.25, 0.3) is 21.8 Å². The summed E-state index contributed by atoms with van der Waals surface area (Å²) in [6, 6.07) is 23.1. The molecule has 0 unspecified atom stereocenters. The van der Waals surface area contributed by atoms with Crippen molar-refractivity contribution >= 4 is 33.7 Å². The van der Waals surface area contributed by atoms with E-state index in [2.05, 4.69) is 0 Å². The third kappa shape index (κ3) is 6.07. The zero-order valence-electron chi connectivity index (χ0n) is 23.0. The van der Waals surface area contributed by atoms with Gasteiger partial charge in [0.1, 0.15) is 11.6 Å². The molecule has 0 aliphatic rings. The number of hydrogen-bond donors (Lipinski definition) is 2. The van der Waals surface area contributed by atoms with E-state index in [1.54, 1.807) is 42.5 Å². The third-order valence-electron chi connectivity index (χ3n) is 7.23. The molecule has 2 heterocycles. The maximum atomic E-state index is 13.3. The molecular weight excluding hydrogens is 538 g/mol. The van der Waals surface area contributed by atoms with Crippen LogP contribution in [0.1, 0.15) is 43.0 Å². The molecule has 8 heteroatoms. The van der Waals surface area contributed by atoms with E-state index in [0.29, 0.717) is 12.8 Å². The second-order valence-corrected chi connectivity index (χ2v) is 10.2. The maximum Gasteiger partial charge on any atom is 0.335 e. The number of hydrogen-bond acceptors (Lipinski definition) is 2. The van der Waals surface area contributed by atoms with Crippen molar-refractivity contribution in [2.24, 2.45) is 14.1 Å². The summed E-state index contributed by atoms with van der Waals surface area (Å²) in [4.78, 5) is 22.1. The van der Waals surface area contributed by atoms with E-state index in [1.165, 1.54) is 24.3 Å². The molecule has 2 N–H and O–H groups in total. The summed E-state index contributed by atoms with van der Waals surface area (Å²) >= 11 is 0. The molecule has 0 atom stereocenters. The number of carboxylic acid groups (broad SMARTS) is 2. The summed E-state index contributed by atoms with van der Waals surface area (Å²) in [7, 11) is 3.77. The highest BCUT2D eigenvalue weighted by Crippen LogP contribution is 2.26. The minimum atomic E-state index is -0.940. The molecule has 0 radical (unpaired) electrons. The van der Waals surface area contributed by atoms with Crippen molar-refractivity contribution in [3.8, 4) is 0 Å². The minimum absolute atomic E-state index is 0.247. The van der Waals surface area contributed by atoms with Crippen LogP contribution in [0.2, 0.25) is 0 Å². The first-order valence-electron chi connectivity index (χ1n) is 13.2. The summed E-state index contributed by atoms with van der Waals surface area (Å²) in [6.45, 7) is 0. The molecular formula is C34H28F2N2O4. The van der Waals surface area contributed by atoms with Gasteiger partial charge in [0, 0.05) is 48.3 Å². The van der Waals surface area contributed by atoms with E-state index in [0.717, 1.165) is 44.1 Å². The standard InChI is InChI=1S/2C17H14FNO2/c1-19-10-13(8-11-2-5-14(18)6-3-11)15-7-4-12(17(20)21)9-16(15)19;1-19-10-13(7-11-3-2-4-14(18)8-11)15-6-5-12(17(20)21)9-16(15)19/h2-7,9-10H,8H2,1H3,(H,20,21);2-6,8-10H,7H2,1H3,(H,20,21). The number of fused-ring (bicyclic) bond motifs is 2. The zero-order valence-corrected chi connectivity index (χ0v) is 23.0. The summed E-state index contributed by atoms with van der Waals surface area (Å²) in [5.41, 5.74) is 6.34. The van der Waals surface area contributed by atoms with Crippen LogP contribution in [0.5, 0.6) is 0 Å². The summed E-state index contributed by atoms with van der Waals surface area (Å²) in [6.07, 6.45) is 5.24. The molecule has 212 valence electrons. The monoisotopic (exact) mass is 566 g/mol. The number of benzene rings is 4. The highest BCUT2D eigenvalue weighted by Gasteiger charge is 2.12. The van der Waals surface area contributed by atoms with Gasteiger partial charge in [-0.1, -0.05) is 36.4 Å². The van der Waals surface area contributed by atoms with Crippen LogP contribution < -0.4 is 0 Å². The van der Waals surface area contributed by atoms with Gasteiger partial charge in [-0.2, -0.15) is 0 Å². The Hall–Kier alpha value is -5.24. The van der Waals surface area contributed by atoms with Crippen LogP contribution >= 0.6 is 0 Å². The Bertz CT molecular complexity index is 1940. The summed E-state index contributed by atoms with van der Waals surface area (Å²) < 4.78 is 30.0. The smallest absolute Gasteiger partial charge is 0.335 e. The van der Waals surface area contributed by atoms with Gasteiger partial charge in [-0.15, -0.1) is 0 Å². The van der Waals surface area contributed by atoms with Gasteiger partial charge in [0.2, 0.25) is 0 Å². The Labute approximate surface area is 240 Å². The van der Waals surface area contributed by atoms with Crippen LogP contribution in [0.4, 0.5) is 8.78 Å². The van der Waals surface area contributed by atoms with Crippen molar-refractivity contribution in [1.82, 2.24) is 9.13 Å². The SMILES string of the molecule is Cn1cc(Cc2ccc(F)cc2)c2ccc(C(=O)O)cc21.Cn1cc(Cc2cccc(F)c2)c2ccc(C(=O)O)cc21. The van der Waals surface area contributed by atoms with Crippen LogP contribution in [0.15, 0.2) is 97.3 Å². The highest BCUT2D eigenvalue weighted by atomic mass is 19.1. The second kappa shape index (κ2) is 11.7. The molecule has 2 aromatic heterocycles. The summed E-state index contributed by atoms with van der Waals surface area (Å²) in [5.74, 6) is -2.37. The molecule has 0 aliphatic carbocycles. The molecule has 0 fully saturated rings. The first-order chi connectivity index (χ1) is 20.1. The van der Waals surface area contributed by atoms with Crippen LogP contribution in [-0.2, 0) is 26.9 Å². The first kappa shape index (κ1) is 28.3. The molecule has 0 bridgehead atoms. The average Bonchev–Trinajstić information content (AvgIpc) is 3.44. The van der Waals surface area contributed by atoms with Crippen LogP contribution in [-0.4, -0.2) is 31.3 Å². The Morgan fingerprint density at radius 2 is 1.12 bits per heavy atom. The lowest BCUT2D eigenvalue weighted by Gasteiger charge is -2.01. The third-order valence-corrected chi connectivity index (χ3v) is 7.23. The van der Waals surface area contributed by atoms with Gasteiger partial charge in [0.15, 0.2) is 0 Å². The van der Waals surface area contributed by atoms with Gasteiger partial charge in [-0.3, -0.25) is 0 Å². The topological polar surface area (TPSA) is 84.5 Å². The lowest BCUT2D eigenvalue weighted by Crippen LogP contribution is -1.96. The zero-order chi connectivity index (χ0) is 30.0. The fourth-order valence-corrected chi connectivity index (χ4v) is 5.17. The minimum Gasteiger partial charge on any atom is -0.478 e. The Morgan fingerprint density at radius 3 is 1.60 bits per heavy atom. The molecule has 0 amide bonds. The Kier molecular flexibility index (Phi) is 7.88. The number of carbonyl (C=O) groups is 2. The van der Waals surface area contributed by atoms with E-state index in [1.807, 2.05) is 53.8 Å². The molecule has 42 heavy (non-hydrogen) atoms. The Balaban J connectivity index is 0.000000168. The number of rotatable bonds is 6. The van der Waals surface area contributed by atoms with Gasteiger partial charge in [-0.05, 0) is 83.6 Å². The van der Waals surface area contributed by atoms with Gasteiger partial charge in [0.25, 0.3) is 0 Å². The van der Waals surface area contributed by atoms with Crippen molar-refractivity contribution in [2.75, 3.05) is 0 Å². The maximum absolute atomic E-state index is 13.3. The van der Waals surface area contributed by atoms with Gasteiger partial charge < -0.3 is 19.3 Å². The lowest BCUT2D eigenvalue weighted by molar-refractivity contribution is 0.0686. The van der Waals surface area contributed by atoms with Gasteiger partial charge in [-0.25, -0.2) is 18.4 Å². The second-order valence-electron chi connectivity index (χ2n) is 10.2. The lowest BCUT2D eigenvalue weighted by atomic mass is 10.0. The first-order valence-corrected chi connectivity index (χ1v) is 13.2. The van der Waals surface area contributed by atoms with Crippen molar-refractivity contribution in [1.29, 1.82) is 0 Å². The van der Waals surface area contributed by atoms with E-state index in [-0.39, 0.29) is 22.8 Å². The van der Waals surface area contributed by atoms with Gasteiger partial charge in [0.05, 0.1) is 11.1 Å². The fraction of sp³-hybridized carbons (Fsp3) is 0.118. The van der Waals surface area contributed by atoms with E-state index in [4.69, 9.17) is 10.2 Å². The number of aromatic nitrogens is 2. The number of halogens is 2. The average molecular weight is 567 g/mol. The van der Waals surface area contributed by atoms with Gasteiger partial charge >= 0.3 is 11.9 Å². The molecule has 0 spiro atoms. The molecule has 6 aromatic rings. The number of aryl methyl sites for hydroxylation is 2. The highest BCUT2D eigenvalue weighted by molar-refractivity contribution is 5.95. The molecule has 4 aromatic carbocycles. The van der Waals surface area contributed by atoms with E-state index >= 15 is 0 Å². The number of carboxylic acids is 2. The molecule has 6 rings (SSSR count). The van der Waals surface area contributed by atoms with Crippen molar-refractivity contribution < 1.29 is 28.6 Å². The summed E-state index contributed by atoms with van der Waals surface area (Å²) in [5, 5.41) is 20.1. The van der Waals surface area contributed by atoms with E-state index < -0.39 is 11.9 Å². The van der Waals surface area contributed by atoms with Crippen LogP contribution in [0, 0.1) is 11.6 Å². The van der Waals surface area contributed by atoms with E-state index in [9.17, 15) is 18.4 Å². The number of nitrogens with zero attached hydrogens (tertiary/aromatic N) is 2.